The van der Waals surface area contributed by atoms with Crippen LogP contribution in [0.4, 0.5) is 0 Å². The van der Waals surface area contributed by atoms with E-state index < -0.39 is 12.9 Å². The van der Waals surface area contributed by atoms with Crippen molar-refractivity contribution in [2.75, 3.05) is 6.79 Å². The fraction of sp³-hybridized carbons (Fsp3) is 0.167. The number of hydrogen-bond acceptors (Lipinski definition) is 4. The van der Waals surface area contributed by atoms with Gasteiger partial charge in [0.05, 0.1) is 11.4 Å². The van der Waals surface area contributed by atoms with E-state index in [0.717, 1.165) is 0 Å². The zero-order valence-corrected chi connectivity index (χ0v) is 8.61. The first kappa shape index (κ1) is 10.7. The standard InChI is InChI=1S/C12H11N2O2/c15-9-16-12(10-5-1-3-7-13-10)11-6-2-4-8-14-11/h1-8,12H,9H2/q-1. The topological polar surface area (TPSA) is 58.1 Å². The Bertz CT molecular complexity index is 380. The Balaban J connectivity index is 2.31. The summed E-state index contributed by atoms with van der Waals surface area (Å²) in [5.74, 6) is 0. The fourth-order valence-corrected chi connectivity index (χ4v) is 1.45. The van der Waals surface area contributed by atoms with Crippen molar-refractivity contribution < 1.29 is 9.84 Å². The van der Waals surface area contributed by atoms with Gasteiger partial charge < -0.3 is 9.84 Å². The lowest BCUT2D eigenvalue weighted by Crippen LogP contribution is -2.17. The molecule has 2 heterocycles. The second kappa shape index (κ2) is 5.34. The Morgan fingerprint density at radius 1 is 1.00 bits per heavy atom. The molecule has 0 aliphatic heterocycles. The third-order valence-electron chi connectivity index (χ3n) is 2.15. The van der Waals surface area contributed by atoms with Gasteiger partial charge in [-0.05, 0) is 31.1 Å². The summed E-state index contributed by atoms with van der Waals surface area (Å²) in [6.45, 7) is -0.613. The summed E-state index contributed by atoms with van der Waals surface area (Å²) in [7, 11) is 0. The maximum atomic E-state index is 10.6. The van der Waals surface area contributed by atoms with Crippen LogP contribution < -0.4 is 5.11 Å². The summed E-state index contributed by atoms with van der Waals surface area (Å²) in [5, 5.41) is 10.6. The first-order chi connectivity index (χ1) is 7.92. The van der Waals surface area contributed by atoms with Crippen LogP contribution in [0.2, 0.25) is 0 Å². The Kier molecular flexibility index (Phi) is 3.58. The van der Waals surface area contributed by atoms with Crippen LogP contribution in [-0.2, 0) is 4.74 Å². The minimum atomic E-state index is -0.613. The Morgan fingerprint density at radius 2 is 1.56 bits per heavy atom. The lowest BCUT2D eigenvalue weighted by Gasteiger charge is -2.18. The van der Waals surface area contributed by atoms with Crippen LogP contribution in [0.25, 0.3) is 0 Å². The molecule has 0 aromatic carbocycles. The molecule has 2 aromatic rings. The molecule has 4 nitrogen and oxygen atoms in total. The van der Waals surface area contributed by atoms with Crippen LogP contribution in [0.5, 0.6) is 0 Å². The minimum absolute atomic E-state index is 0.486. The quantitative estimate of drug-likeness (QED) is 0.711. The van der Waals surface area contributed by atoms with Crippen molar-refractivity contribution in [2.24, 2.45) is 0 Å². The van der Waals surface area contributed by atoms with Crippen molar-refractivity contribution in [3.8, 4) is 0 Å². The van der Waals surface area contributed by atoms with Crippen molar-refractivity contribution >= 4 is 0 Å². The number of pyridine rings is 2. The van der Waals surface area contributed by atoms with Crippen LogP contribution in [0, 0.1) is 0 Å². The van der Waals surface area contributed by atoms with E-state index in [9.17, 15) is 5.11 Å². The summed E-state index contributed by atoms with van der Waals surface area (Å²) in [4.78, 5) is 8.34. The third-order valence-corrected chi connectivity index (χ3v) is 2.15. The fourth-order valence-electron chi connectivity index (χ4n) is 1.45. The molecule has 0 aliphatic carbocycles. The van der Waals surface area contributed by atoms with E-state index in [2.05, 4.69) is 9.97 Å². The number of aromatic nitrogens is 2. The molecule has 0 atom stereocenters. The van der Waals surface area contributed by atoms with E-state index in [-0.39, 0.29) is 0 Å². The van der Waals surface area contributed by atoms with Crippen LogP contribution in [0.15, 0.2) is 48.8 Å². The number of rotatable bonds is 4. The second-order valence-corrected chi connectivity index (χ2v) is 3.17. The van der Waals surface area contributed by atoms with Crippen molar-refractivity contribution in [3.63, 3.8) is 0 Å². The highest BCUT2D eigenvalue weighted by Gasteiger charge is 2.14. The molecule has 0 aliphatic rings. The van der Waals surface area contributed by atoms with Gasteiger partial charge in [-0.1, -0.05) is 12.1 Å². The second-order valence-electron chi connectivity index (χ2n) is 3.17. The van der Waals surface area contributed by atoms with Gasteiger partial charge in [0.2, 0.25) is 0 Å². The Morgan fingerprint density at radius 3 is 1.94 bits per heavy atom. The largest absolute Gasteiger partial charge is 0.834 e. The molecule has 0 saturated heterocycles. The predicted molar refractivity (Wildman–Crippen MR) is 56.3 cm³/mol. The third kappa shape index (κ3) is 2.42. The average molecular weight is 215 g/mol. The number of ether oxygens (including phenoxy) is 1. The Hall–Kier alpha value is -1.78. The predicted octanol–water partition coefficient (Wildman–Crippen LogP) is 0.900. The van der Waals surface area contributed by atoms with Gasteiger partial charge >= 0.3 is 0 Å². The van der Waals surface area contributed by atoms with E-state index in [4.69, 9.17) is 4.74 Å². The molecule has 4 heteroatoms. The highest BCUT2D eigenvalue weighted by atomic mass is 16.6. The van der Waals surface area contributed by atoms with Gasteiger partial charge in [0.15, 0.2) is 0 Å². The monoisotopic (exact) mass is 215 g/mol. The van der Waals surface area contributed by atoms with Crippen LogP contribution >= 0.6 is 0 Å². The molecular weight excluding hydrogens is 204 g/mol. The van der Waals surface area contributed by atoms with Crippen molar-refractivity contribution in [2.45, 2.75) is 6.10 Å². The van der Waals surface area contributed by atoms with Gasteiger partial charge in [-0.15, -0.1) is 0 Å². The van der Waals surface area contributed by atoms with E-state index in [1.165, 1.54) is 0 Å². The van der Waals surface area contributed by atoms with Gasteiger partial charge in [-0.3, -0.25) is 9.97 Å². The van der Waals surface area contributed by atoms with Gasteiger partial charge in [0, 0.05) is 12.4 Å². The van der Waals surface area contributed by atoms with Gasteiger partial charge in [0.1, 0.15) is 6.10 Å². The summed E-state index contributed by atoms with van der Waals surface area (Å²) in [5.41, 5.74) is 1.38. The van der Waals surface area contributed by atoms with E-state index in [1.807, 2.05) is 36.4 Å². The molecule has 16 heavy (non-hydrogen) atoms. The molecule has 82 valence electrons. The summed E-state index contributed by atoms with van der Waals surface area (Å²) in [6, 6.07) is 11.0. The van der Waals surface area contributed by atoms with Gasteiger partial charge in [-0.25, -0.2) is 0 Å². The van der Waals surface area contributed by atoms with Crippen molar-refractivity contribution in [3.05, 3.63) is 60.2 Å². The SMILES string of the molecule is [O-]COC(c1ccccn1)c1ccccn1. The first-order valence-electron chi connectivity index (χ1n) is 4.93. The first-order valence-corrected chi connectivity index (χ1v) is 4.93. The number of hydrogen-bond donors (Lipinski definition) is 0. The zero-order chi connectivity index (χ0) is 11.2. The molecule has 0 N–H and O–H groups in total. The summed E-state index contributed by atoms with van der Waals surface area (Å²) in [6.07, 6.45) is 2.85. The summed E-state index contributed by atoms with van der Waals surface area (Å²) >= 11 is 0. The highest BCUT2D eigenvalue weighted by Crippen LogP contribution is 2.21. The van der Waals surface area contributed by atoms with Crippen molar-refractivity contribution in [1.82, 2.24) is 9.97 Å². The molecule has 2 aromatic heterocycles. The summed E-state index contributed by atoms with van der Waals surface area (Å²) < 4.78 is 5.13. The van der Waals surface area contributed by atoms with E-state index in [0.29, 0.717) is 11.4 Å². The maximum absolute atomic E-state index is 10.6. The molecule has 2 rings (SSSR count). The zero-order valence-electron chi connectivity index (χ0n) is 8.61. The van der Waals surface area contributed by atoms with Gasteiger partial charge in [0.25, 0.3) is 0 Å². The molecule has 0 saturated carbocycles. The minimum Gasteiger partial charge on any atom is -0.834 e. The van der Waals surface area contributed by atoms with Crippen LogP contribution in [-0.4, -0.2) is 16.8 Å². The van der Waals surface area contributed by atoms with Crippen LogP contribution in [0.3, 0.4) is 0 Å². The molecule has 0 spiro atoms. The Labute approximate surface area is 93.6 Å². The van der Waals surface area contributed by atoms with Gasteiger partial charge in [-0.2, -0.15) is 0 Å². The molecule has 0 amide bonds. The van der Waals surface area contributed by atoms with Crippen LogP contribution in [0.1, 0.15) is 17.5 Å². The average Bonchev–Trinajstić information content (AvgIpc) is 2.38. The molecule has 0 fully saturated rings. The molecule has 0 bridgehead atoms. The highest BCUT2D eigenvalue weighted by molar-refractivity contribution is 5.19. The van der Waals surface area contributed by atoms with Crippen molar-refractivity contribution in [1.29, 1.82) is 0 Å². The molecular formula is C12H11N2O2-. The normalized spacial score (nSPS) is 10.6. The number of nitrogens with zero attached hydrogens (tertiary/aromatic N) is 2. The molecule has 0 unspecified atom stereocenters. The van der Waals surface area contributed by atoms with E-state index in [1.54, 1.807) is 12.4 Å². The smallest absolute Gasteiger partial charge is 0.139 e. The lowest BCUT2D eigenvalue weighted by molar-refractivity contribution is -0.436. The molecule has 0 radical (unpaired) electrons. The lowest BCUT2D eigenvalue weighted by atomic mass is 10.1. The maximum Gasteiger partial charge on any atom is 0.139 e. The van der Waals surface area contributed by atoms with E-state index >= 15 is 0 Å².